The molecule has 0 bridgehead atoms. The van der Waals surface area contributed by atoms with E-state index in [-0.39, 0.29) is 5.70 Å². The predicted molar refractivity (Wildman–Crippen MR) is 58.4 cm³/mol. The Balaban J connectivity index is 2.73. The van der Waals surface area contributed by atoms with E-state index in [0.29, 0.717) is 0 Å². The first-order valence-electron chi connectivity index (χ1n) is 4.56. The summed E-state index contributed by atoms with van der Waals surface area (Å²) in [5.74, 6) is 0. The lowest BCUT2D eigenvalue weighted by atomic mass is 10.0. The van der Waals surface area contributed by atoms with Gasteiger partial charge in [-0.2, -0.15) is 0 Å². The Kier molecular flexibility index (Phi) is 2.12. The van der Waals surface area contributed by atoms with Crippen molar-refractivity contribution in [3.63, 3.8) is 0 Å². The molecule has 0 radical (unpaired) electrons. The van der Waals surface area contributed by atoms with Gasteiger partial charge in [-0.05, 0) is 17.5 Å². The van der Waals surface area contributed by atoms with Crippen molar-refractivity contribution in [3.8, 4) is 6.07 Å². The summed E-state index contributed by atoms with van der Waals surface area (Å²) in [6.07, 6.45) is 0.742. The molecule has 2 heteroatoms. The first-order chi connectivity index (χ1) is 7.27. The largest absolute Gasteiger partial charge is 0.269 e. The molecule has 2 nitrogen and oxygen atoms in total. The van der Waals surface area contributed by atoms with E-state index in [2.05, 4.69) is 11.4 Å². The summed E-state index contributed by atoms with van der Waals surface area (Å²) in [4.78, 5) is 3.25. The van der Waals surface area contributed by atoms with Crippen molar-refractivity contribution in [1.29, 1.82) is 5.26 Å². The molecule has 0 saturated carbocycles. The second-order valence-electron chi connectivity index (χ2n) is 3.38. The van der Waals surface area contributed by atoms with E-state index in [1.54, 1.807) is 0 Å². The second-order valence-corrected chi connectivity index (χ2v) is 3.38. The van der Waals surface area contributed by atoms with Crippen LogP contribution in [0.4, 0.5) is 0 Å². The molecular formula is C13H8N2. The number of nitriles is 1. The fraction of sp³-hybridized carbons (Fsp3) is 0.0769. The molecular weight excluding hydrogens is 184 g/mol. The van der Waals surface area contributed by atoms with Crippen molar-refractivity contribution in [3.05, 3.63) is 64.7 Å². The number of hydrogen-bond acceptors (Lipinski definition) is 1. The summed E-state index contributed by atoms with van der Waals surface area (Å²) in [6, 6.07) is 9.74. The molecule has 15 heavy (non-hydrogen) atoms. The summed E-state index contributed by atoms with van der Waals surface area (Å²) in [5, 5.41) is 8.87. The first kappa shape index (κ1) is 9.24. The Morgan fingerprint density at radius 1 is 1.47 bits per heavy atom. The average Bonchev–Trinajstić information content (AvgIpc) is 2.58. The minimum absolute atomic E-state index is 0.143. The third kappa shape index (κ3) is 1.33. The maximum absolute atomic E-state index is 8.87. The highest BCUT2D eigenvalue weighted by atomic mass is 14.7. The lowest BCUT2D eigenvalue weighted by Crippen LogP contribution is -1.83. The van der Waals surface area contributed by atoms with Gasteiger partial charge in [-0.25, -0.2) is 10.1 Å². The Labute approximate surface area is 88.6 Å². The number of allylic oxidation sites excluding steroid dienone is 3. The molecule has 0 unspecified atom stereocenters. The normalized spacial score (nSPS) is 16.5. The molecule has 0 spiro atoms. The van der Waals surface area contributed by atoms with E-state index in [1.165, 1.54) is 0 Å². The Morgan fingerprint density at radius 3 is 2.87 bits per heavy atom. The van der Waals surface area contributed by atoms with Crippen LogP contribution in [-0.4, -0.2) is 0 Å². The molecule has 0 aliphatic heterocycles. The zero-order chi connectivity index (χ0) is 10.8. The maximum atomic E-state index is 8.87. The van der Waals surface area contributed by atoms with Gasteiger partial charge in [0.15, 0.2) is 0 Å². The lowest BCUT2D eigenvalue weighted by molar-refractivity contribution is 1.28. The van der Waals surface area contributed by atoms with E-state index in [4.69, 9.17) is 11.8 Å². The van der Waals surface area contributed by atoms with Crippen LogP contribution >= 0.6 is 0 Å². The molecule has 0 atom stereocenters. The standard InChI is InChI=1S/C13H8N2/c1-9-7-10-5-3-4-6-11(10)13(9)12(8-14)15-2/h3-6H,1,7H2/b13-12-. The highest BCUT2D eigenvalue weighted by Gasteiger charge is 2.22. The molecule has 0 N–H and O–H groups in total. The quantitative estimate of drug-likeness (QED) is 0.458. The minimum Gasteiger partial charge on any atom is -0.226 e. The van der Waals surface area contributed by atoms with Gasteiger partial charge in [0, 0.05) is 5.57 Å². The fourth-order valence-corrected chi connectivity index (χ4v) is 1.86. The predicted octanol–water partition coefficient (Wildman–Crippen LogP) is 2.95. The van der Waals surface area contributed by atoms with Crippen molar-refractivity contribution < 1.29 is 0 Å². The van der Waals surface area contributed by atoms with Gasteiger partial charge in [-0.1, -0.05) is 36.4 Å². The van der Waals surface area contributed by atoms with Crippen LogP contribution in [0.5, 0.6) is 0 Å². The smallest absolute Gasteiger partial charge is 0.226 e. The molecule has 1 aliphatic rings. The molecule has 1 aromatic rings. The lowest BCUT2D eigenvalue weighted by Gasteiger charge is -2.00. The van der Waals surface area contributed by atoms with Crippen LogP contribution in [0.15, 0.2) is 42.1 Å². The third-order valence-corrected chi connectivity index (χ3v) is 2.50. The Morgan fingerprint density at radius 2 is 2.20 bits per heavy atom. The highest BCUT2D eigenvalue weighted by Crippen LogP contribution is 2.37. The summed E-state index contributed by atoms with van der Waals surface area (Å²) >= 11 is 0. The number of rotatable bonds is 0. The Hall–Kier alpha value is -2.32. The number of nitrogens with zero attached hydrogens (tertiary/aromatic N) is 2. The van der Waals surface area contributed by atoms with Gasteiger partial charge in [0.05, 0.1) is 12.6 Å². The van der Waals surface area contributed by atoms with Crippen molar-refractivity contribution in [1.82, 2.24) is 0 Å². The van der Waals surface area contributed by atoms with Crippen molar-refractivity contribution in [2.24, 2.45) is 0 Å². The van der Waals surface area contributed by atoms with Crippen LogP contribution in [0.25, 0.3) is 10.4 Å². The van der Waals surface area contributed by atoms with Gasteiger partial charge in [0.25, 0.3) is 5.70 Å². The Bertz CT molecular complexity index is 535. The van der Waals surface area contributed by atoms with Gasteiger partial charge in [0.2, 0.25) is 0 Å². The molecule has 0 heterocycles. The van der Waals surface area contributed by atoms with Gasteiger partial charge in [-0.3, -0.25) is 0 Å². The number of hydrogen-bond donors (Lipinski definition) is 0. The summed E-state index contributed by atoms with van der Waals surface area (Å²) in [5.41, 5.74) is 3.86. The molecule has 0 aromatic heterocycles. The molecule has 1 aromatic carbocycles. The molecule has 0 fully saturated rings. The van der Waals surface area contributed by atoms with Crippen molar-refractivity contribution >= 4 is 5.57 Å². The van der Waals surface area contributed by atoms with Gasteiger partial charge in [0.1, 0.15) is 0 Å². The highest BCUT2D eigenvalue weighted by molar-refractivity contribution is 5.89. The second kappa shape index (κ2) is 3.44. The van der Waals surface area contributed by atoms with Gasteiger partial charge < -0.3 is 0 Å². The summed E-state index contributed by atoms with van der Waals surface area (Å²) in [6.45, 7) is 10.9. The van der Waals surface area contributed by atoms with Crippen LogP contribution in [0.3, 0.4) is 0 Å². The van der Waals surface area contributed by atoms with E-state index in [1.807, 2.05) is 30.3 Å². The number of benzene rings is 1. The van der Waals surface area contributed by atoms with Crippen molar-refractivity contribution in [2.45, 2.75) is 6.42 Å². The zero-order valence-electron chi connectivity index (χ0n) is 8.12. The SMILES string of the molecule is [C-]#[N+]/C(C#N)=C1/C(=C)Cc2ccccc21. The van der Waals surface area contributed by atoms with Crippen LogP contribution in [-0.2, 0) is 6.42 Å². The molecule has 1 aliphatic carbocycles. The van der Waals surface area contributed by atoms with E-state index >= 15 is 0 Å². The maximum Gasteiger partial charge on any atom is 0.269 e. The molecule has 0 amide bonds. The van der Waals surface area contributed by atoms with Crippen LogP contribution in [0, 0.1) is 17.9 Å². The van der Waals surface area contributed by atoms with Gasteiger partial charge >= 0.3 is 0 Å². The monoisotopic (exact) mass is 192 g/mol. The van der Waals surface area contributed by atoms with E-state index in [0.717, 1.165) is 28.7 Å². The fourth-order valence-electron chi connectivity index (χ4n) is 1.86. The summed E-state index contributed by atoms with van der Waals surface area (Å²) < 4.78 is 0. The van der Waals surface area contributed by atoms with Crippen LogP contribution < -0.4 is 0 Å². The zero-order valence-corrected chi connectivity index (χ0v) is 8.12. The van der Waals surface area contributed by atoms with E-state index in [9.17, 15) is 0 Å². The third-order valence-electron chi connectivity index (χ3n) is 2.50. The molecule has 70 valence electrons. The van der Waals surface area contributed by atoms with Gasteiger partial charge in [-0.15, -0.1) is 0 Å². The minimum atomic E-state index is 0.143. The number of fused-ring (bicyclic) bond motifs is 1. The summed E-state index contributed by atoms with van der Waals surface area (Å²) in [7, 11) is 0. The first-order valence-corrected chi connectivity index (χ1v) is 4.56. The van der Waals surface area contributed by atoms with Crippen LogP contribution in [0.2, 0.25) is 0 Å². The van der Waals surface area contributed by atoms with Crippen LogP contribution in [0.1, 0.15) is 11.1 Å². The molecule has 0 saturated heterocycles. The average molecular weight is 192 g/mol. The van der Waals surface area contributed by atoms with Crippen molar-refractivity contribution in [2.75, 3.05) is 0 Å². The molecule has 2 rings (SSSR count). The van der Waals surface area contributed by atoms with E-state index < -0.39 is 0 Å². The topological polar surface area (TPSA) is 28.1 Å².